The molecule has 1 amide bonds. The number of morpholine rings is 1. The van der Waals surface area contributed by atoms with Crippen molar-refractivity contribution in [2.75, 3.05) is 26.7 Å². The first-order chi connectivity index (χ1) is 6.69. The topological polar surface area (TPSA) is 65.4 Å². The zero-order valence-corrected chi connectivity index (χ0v) is 8.49. The van der Waals surface area contributed by atoms with E-state index in [1.54, 1.807) is 18.9 Å². The van der Waals surface area contributed by atoms with E-state index in [2.05, 4.69) is 5.32 Å². The smallest absolute Gasteiger partial charge is 0.239 e. The van der Waals surface area contributed by atoms with E-state index in [9.17, 15) is 4.79 Å². The highest BCUT2D eigenvalue weighted by Gasteiger charge is 2.26. The summed E-state index contributed by atoms with van der Waals surface area (Å²) < 4.78 is 5.15. The molecule has 0 aromatic heterocycles. The lowest BCUT2D eigenvalue weighted by molar-refractivity contribution is -0.138. The number of ether oxygens (including phenoxy) is 1. The van der Waals surface area contributed by atoms with Crippen LogP contribution in [-0.2, 0) is 9.53 Å². The lowest BCUT2D eigenvalue weighted by Gasteiger charge is -2.31. The summed E-state index contributed by atoms with van der Waals surface area (Å²) in [6, 6.07) is 1.81. The Morgan fingerprint density at radius 3 is 3.07 bits per heavy atom. The highest BCUT2D eigenvalue weighted by atomic mass is 16.5. The van der Waals surface area contributed by atoms with E-state index in [1.165, 1.54) is 0 Å². The maximum Gasteiger partial charge on any atom is 0.239 e. The van der Waals surface area contributed by atoms with Crippen molar-refractivity contribution in [1.82, 2.24) is 10.2 Å². The molecule has 0 aromatic rings. The summed E-state index contributed by atoms with van der Waals surface area (Å²) in [6.07, 6.45) is -0.475. The molecule has 0 aromatic carbocycles. The van der Waals surface area contributed by atoms with Crippen molar-refractivity contribution in [3.63, 3.8) is 0 Å². The zero-order valence-electron chi connectivity index (χ0n) is 8.49. The maximum atomic E-state index is 11.7. The van der Waals surface area contributed by atoms with E-state index in [4.69, 9.17) is 10.00 Å². The first-order valence-electron chi connectivity index (χ1n) is 4.66. The summed E-state index contributed by atoms with van der Waals surface area (Å²) in [6.45, 7) is 3.20. The zero-order chi connectivity index (χ0) is 10.6. The molecule has 2 unspecified atom stereocenters. The van der Waals surface area contributed by atoms with Gasteiger partial charge in [0.25, 0.3) is 0 Å². The normalized spacial score (nSPS) is 24.1. The van der Waals surface area contributed by atoms with Crippen molar-refractivity contribution in [3.8, 4) is 6.07 Å². The van der Waals surface area contributed by atoms with Gasteiger partial charge in [-0.25, -0.2) is 0 Å². The van der Waals surface area contributed by atoms with Crippen molar-refractivity contribution in [2.24, 2.45) is 0 Å². The molecule has 0 saturated carbocycles. The number of nitriles is 1. The minimum atomic E-state index is -0.475. The first-order valence-corrected chi connectivity index (χ1v) is 4.66. The van der Waals surface area contributed by atoms with E-state index >= 15 is 0 Å². The van der Waals surface area contributed by atoms with Crippen molar-refractivity contribution in [2.45, 2.75) is 19.1 Å². The molecule has 1 aliphatic rings. The number of carbonyl (C=O) groups is 1. The average molecular weight is 197 g/mol. The van der Waals surface area contributed by atoms with Crippen molar-refractivity contribution < 1.29 is 9.53 Å². The third-order valence-corrected chi connectivity index (χ3v) is 2.33. The Morgan fingerprint density at radius 1 is 1.79 bits per heavy atom. The third kappa shape index (κ3) is 2.44. The molecule has 1 saturated heterocycles. The van der Waals surface area contributed by atoms with Crippen molar-refractivity contribution in [3.05, 3.63) is 0 Å². The molecule has 1 aliphatic heterocycles. The van der Waals surface area contributed by atoms with E-state index in [0.29, 0.717) is 19.7 Å². The van der Waals surface area contributed by atoms with Gasteiger partial charge in [0.15, 0.2) is 6.10 Å². The molecule has 0 radical (unpaired) electrons. The first kappa shape index (κ1) is 11.0. The highest BCUT2D eigenvalue weighted by Crippen LogP contribution is 2.05. The van der Waals surface area contributed by atoms with Crippen LogP contribution in [0.5, 0.6) is 0 Å². The maximum absolute atomic E-state index is 11.7. The number of amides is 1. The van der Waals surface area contributed by atoms with Crippen LogP contribution in [0.2, 0.25) is 0 Å². The molecular formula is C9H15N3O2. The van der Waals surface area contributed by atoms with Crippen LogP contribution in [0.15, 0.2) is 0 Å². The Labute approximate surface area is 83.6 Å². The highest BCUT2D eigenvalue weighted by molar-refractivity contribution is 5.81. The number of nitrogens with zero attached hydrogens (tertiary/aromatic N) is 2. The van der Waals surface area contributed by atoms with Crippen LogP contribution < -0.4 is 5.32 Å². The largest absolute Gasteiger partial charge is 0.360 e. The molecule has 1 fully saturated rings. The van der Waals surface area contributed by atoms with Crippen LogP contribution in [0.25, 0.3) is 0 Å². The Bertz CT molecular complexity index is 249. The number of nitrogens with one attached hydrogen (secondary N) is 1. The SMILES string of the molecule is CNC(C)C(=O)N1CCOC(C#N)C1. The molecular weight excluding hydrogens is 182 g/mol. The molecule has 1 rings (SSSR count). The van der Waals surface area contributed by atoms with Gasteiger partial charge < -0.3 is 15.0 Å². The number of rotatable bonds is 2. The summed E-state index contributed by atoms with van der Waals surface area (Å²) in [4.78, 5) is 13.4. The van der Waals surface area contributed by atoms with E-state index in [-0.39, 0.29) is 11.9 Å². The molecule has 0 aliphatic carbocycles. The second-order valence-electron chi connectivity index (χ2n) is 3.28. The molecule has 5 nitrogen and oxygen atoms in total. The second-order valence-corrected chi connectivity index (χ2v) is 3.28. The van der Waals surface area contributed by atoms with Crippen molar-refractivity contribution >= 4 is 5.91 Å². The minimum Gasteiger partial charge on any atom is -0.360 e. The molecule has 0 spiro atoms. The predicted molar refractivity (Wildman–Crippen MR) is 50.5 cm³/mol. The van der Waals surface area contributed by atoms with Gasteiger partial charge >= 0.3 is 0 Å². The Hall–Kier alpha value is -1.12. The van der Waals surface area contributed by atoms with Crippen LogP contribution >= 0.6 is 0 Å². The van der Waals surface area contributed by atoms with Gasteiger partial charge in [0.05, 0.1) is 25.3 Å². The average Bonchev–Trinajstić information content (AvgIpc) is 2.27. The second kappa shape index (κ2) is 4.94. The molecule has 5 heteroatoms. The fraction of sp³-hybridized carbons (Fsp3) is 0.778. The van der Waals surface area contributed by atoms with Crippen LogP contribution in [-0.4, -0.2) is 49.7 Å². The van der Waals surface area contributed by atoms with Gasteiger partial charge in [-0.1, -0.05) is 0 Å². The number of likely N-dealkylation sites (N-methyl/N-ethyl adjacent to an activating group) is 1. The van der Waals surface area contributed by atoms with Gasteiger partial charge in [-0.15, -0.1) is 0 Å². The summed E-state index contributed by atoms with van der Waals surface area (Å²) in [5.41, 5.74) is 0. The summed E-state index contributed by atoms with van der Waals surface area (Å²) in [5.74, 6) is 0.0241. The van der Waals surface area contributed by atoms with Gasteiger partial charge in [0.1, 0.15) is 0 Å². The van der Waals surface area contributed by atoms with Gasteiger partial charge in [-0.3, -0.25) is 4.79 Å². The van der Waals surface area contributed by atoms with E-state index < -0.39 is 6.10 Å². The quantitative estimate of drug-likeness (QED) is 0.638. The Balaban J connectivity index is 2.52. The molecule has 0 bridgehead atoms. The molecule has 14 heavy (non-hydrogen) atoms. The molecule has 1 heterocycles. The molecule has 2 atom stereocenters. The lowest BCUT2D eigenvalue weighted by atomic mass is 10.2. The van der Waals surface area contributed by atoms with Gasteiger partial charge in [0.2, 0.25) is 5.91 Å². The predicted octanol–water partition coefficient (Wildman–Crippen LogP) is -0.655. The minimum absolute atomic E-state index is 0.0241. The summed E-state index contributed by atoms with van der Waals surface area (Å²) in [7, 11) is 1.74. The van der Waals surface area contributed by atoms with E-state index in [0.717, 1.165) is 0 Å². The Morgan fingerprint density at radius 2 is 2.50 bits per heavy atom. The molecule has 1 N–H and O–H groups in total. The van der Waals surface area contributed by atoms with Crippen LogP contribution in [0, 0.1) is 11.3 Å². The molecule has 78 valence electrons. The number of carbonyl (C=O) groups excluding carboxylic acids is 1. The number of hydrogen-bond acceptors (Lipinski definition) is 4. The lowest BCUT2D eigenvalue weighted by Crippen LogP contribution is -2.50. The van der Waals surface area contributed by atoms with Crippen molar-refractivity contribution in [1.29, 1.82) is 5.26 Å². The van der Waals surface area contributed by atoms with Gasteiger partial charge in [0, 0.05) is 6.54 Å². The van der Waals surface area contributed by atoms with Crippen LogP contribution in [0.4, 0.5) is 0 Å². The van der Waals surface area contributed by atoms with Crippen LogP contribution in [0.3, 0.4) is 0 Å². The monoisotopic (exact) mass is 197 g/mol. The summed E-state index contributed by atoms with van der Waals surface area (Å²) >= 11 is 0. The van der Waals surface area contributed by atoms with Gasteiger partial charge in [-0.05, 0) is 14.0 Å². The van der Waals surface area contributed by atoms with E-state index in [1.807, 2.05) is 6.07 Å². The fourth-order valence-electron chi connectivity index (χ4n) is 1.32. The fourth-order valence-corrected chi connectivity index (χ4v) is 1.32. The standard InChI is InChI=1S/C9H15N3O2/c1-7(11-2)9(13)12-3-4-14-8(5-10)6-12/h7-8,11H,3-4,6H2,1-2H3. The Kier molecular flexibility index (Phi) is 3.86. The summed E-state index contributed by atoms with van der Waals surface area (Å²) in [5, 5.41) is 11.5. The van der Waals surface area contributed by atoms with Crippen LogP contribution in [0.1, 0.15) is 6.92 Å². The number of hydrogen-bond donors (Lipinski definition) is 1. The third-order valence-electron chi connectivity index (χ3n) is 2.33. The van der Waals surface area contributed by atoms with Gasteiger partial charge in [-0.2, -0.15) is 5.26 Å².